The number of hydrogen-bond donors (Lipinski definition) is 0. The highest BCUT2D eigenvalue weighted by Crippen LogP contribution is 2.44. The van der Waals surface area contributed by atoms with E-state index in [9.17, 15) is 26.3 Å². The first-order valence-electron chi connectivity index (χ1n) is 4.41. The molecular weight excluding hydrogens is 222 g/mol. The second-order valence-electron chi connectivity index (χ2n) is 3.84. The van der Waals surface area contributed by atoms with Crippen LogP contribution in [0.5, 0.6) is 0 Å². The summed E-state index contributed by atoms with van der Waals surface area (Å²) in [6.07, 6.45) is -9.44. The maximum absolute atomic E-state index is 12.3. The van der Waals surface area contributed by atoms with Crippen LogP contribution in [-0.2, 0) is 0 Å². The Balaban J connectivity index is 2.85. The van der Waals surface area contributed by atoms with Crippen LogP contribution < -0.4 is 0 Å². The van der Waals surface area contributed by atoms with Gasteiger partial charge >= 0.3 is 12.4 Å². The summed E-state index contributed by atoms with van der Waals surface area (Å²) in [6, 6.07) is 0. The van der Waals surface area contributed by atoms with Gasteiger partial charge in [-0.05, 0) is 19.8 Å². The maximum atomic E-state index is 12.3. The molecule has 0 N–H and O–H groups in total. The molecule has 0 nitrogen and oxygen atoms in total. The molecule has 0 aromatic heterocycles. The van der Waals surface area contributed by atoms with Crippen molar-refractivity contribution in [2.45, 2.75) is 32.1 Å². The smallest absolute Gasteiger partial charge is 0.171 e. The van der Waals surface area contributed by atoms with Crippen LogP contribution in [0.1, 0.15) is 19.8 Å². The molecule has 0 aromatic carbocycles. The summed E-state index contributed by atoms with van der Waals surface area (Å²) in [5.41, 5.74) is 0.158. The predicted molar refractivity (Wildman–Crippen MR) is 42.1 cm³/mol. The Bertz CT molecular complexity index is 259. The molecule has 0 saturated heterocycles. The molecule has 0 aliphatic heterocycles. The van der Waals surface area contributed by atoms with E-state index in [-0.39, 0.29) is 12.0 Å². The highest BCUT2D eigenvalue weighted by atomic mass is 19.4. The van der Waals surface area contributed by atoms with Gasteiger partial charge in [-0.3, -0.25) is 0 Å². The molecular formula is C9H10F6. The minimum absolute atomic E-state index is 0.158. The SMILES string of the molecule is CC1=CC(C(F)(F)F)CC(C(F)(F)F)C1. The maximum Gasteiger partial charge on any atom is 0.395 e. The summed E-state index contributed by atoms with van der Waals surface area (Å²) >= 11 is 0. The van der Waals surface area contributed by atoms with Crippen molar-refractivity contribution in [3.8, 4) is 0 Å². The first kappa shape index (κ1) is 12.4. The second kappa shape index (κ2) is 3.72. The van der Waals surface area contributed by atoms with Crippen molar-refractivity contribution in [1.82, 2.24) is 0 Å². The molecule has 15 heavy (non-hydrogen) atoms. The third-order valence-electron chi connectivity index (χ3n) is 2.48. The van der Waals surface area contributed by atoms with Gasteiger partial charge in [-0.2, -0.15) is 26.3 Å². The van der Waals surface area contributed by atoms with E-state index in [1.54, 1.807) is 0 Å². The quantitative estimate of drug-likeness (QED) is 0.436. The van der Waals surface area contributed by atoms with Crippen molar-refractivity contribution in [3.05, 3.63) is 11.6 Å². The molecule has 1 aliphatic rings. The molecule has 0 saturated carbocycles. The number of allylic oxidation sites excluding steroid dienone is 2. The van der Waals surface area contributed by atoms with Gasteiger partial charge in [0.1, 0.15) is 0 Å². The molecule has 6 heteroatoms. The third kappa shape index (κ3) is 3.14. The standard InChI is InChI=1S/C9H10F6/c1-5-2-6(8(10,11)12)4-7(3-5)9(13,14)15/h2,6-7H,3-4H2,1H3. The molecule has 0 spiro atoms. The molecule has 1 rings (SSSR count). The van der Waals surface area contributed by atoms with Crippen molar-refractivity contribution in [2.75, 3.05) is 0 Å². The summed E-state index contributed by atoms with van der Waals surface area (Å²) in [4.78, 5) is 0. The molecule has 0 radical (unpaired) electrons. The van der Waals surface area contributed by atoms with E-state index in [1.165, 1.54) is 6.92 Å². The van der Waals surface area contributed by atoms with Crippen LogP contribution in [0.15, 0.2) is 11.6 Å². The number of rotatable bonds is 0. The lowest BCUT2D eigenvalue weighted by molar-refractivity contribution is -0.205. The molecule has 0 fully saturated rings. The Morgan fingerprint density at radius 2 is 1.60 bits per heavy atom. The average molecular weight is 232 g/mol. The monoisotopic (exact) mass is 232 g/mol. The molecule has 1 aliphatic carbocycles. The molecule has 0 heterocycles. The second-order valence-corrected chi connectivity index (χ2v) is 3.84. The van der Waals surface area contributed by atoms with Gasteiger partial charge in [0.15, 0.2) is 0 Å². The zero-order chi connectivity index (χ0) is 11.9. The molecule has 0 bridgehead atoms. The zero-order valence-electron chi connectivity index (χ0n) is 7.91. The van der Waals surface area contributed by atoms with Gasteiger partial charge in [-0.25, -0.2) is 0 Å². The highest BCUT2D eigenvalue weighted by Gasteiger charge is 2.48. The summed E-state index contributed by atoms with van der Waals surface area (Å²) in [5.74, 6) is -3.83. The van der Waals surface area contributed by atoms with Gasteiger partial charge in [-0.1, -0.05) is 11.6 Å². The Hall–Kier alpha value is -0.680. The van der Waals surface area contributed by atoms with Crippen LogP contribution in [0.4, 0.5) is 26.3 Å². The fourth-order valence-electron chi connectivity index (χ4n) is 1.74. The number of hydrogen-bond acceptors (Lipinski definition) is 0. The highest BCUT2D eigenvalue weighted by molar-refractivity contribution is 5.09. The first-order chi connectivity index (χ1) is 6.60. The molecule has 88 valence electrons. The van der Waals surface area contributed by atoms with Crippen molar-refractivity contribution in [3.63, 3.8) is 0 Å². The summed E-state index contributed by atoms with van der Waals surface area (Å²) in [6.45, 7) is 1.30. The van der Waals surface area contributed by atoms with E-state index >= 15 is 0 Å². The minimum atomic E-state index is -4.58. The molecule has 0 aromatic rings. The Morgan fingerprint density at radius 3 is 2.00 bits per heavy atom. The number of alkyl halides is 6. The molecule has 2 unspecified atom stereocenters. The first-order valence-corrected chi connectivity index (χ1v) is 4.41. The van der Waals surface area contributed by atoms with E-state index in [2.05, 4.69) is 0 Å². The molecule has 2 atom stereocenters. The topological polar surface area (TPSA) is 0 Å². The van der Waals surface area contributed by atoms with E-state index in [0.717, 1.165) is 6.08 Å². The van der Waals surface area contributed by atoms with Gasteiger partial charge in [-0.15, -0.1) is 0 Å². The van der Waals surface area contributed by atoms with Crippen LogP contribution in [0.2, 0.25) is 0 Å². The van der Waals surface area contributed by atoms with Crippen molar-refractivity contribution < 1.29 is 26.3 Å². The Kier molecular flexibility index (Phi) is 3.07. The van der Waals surface area contributed by atoms with Crippen LogP contribution in [0, 0.1) is 11.8 Å². The normalized spacial score (nSPS) is 28.9. The lowest BCUT2D eigenvalue weighted by Crippen LogP contribution is -2.33. The van der Waals surface area contributed by atoms with Crippen LogP contribution in [0.25, 0.3) is 0 Å². The Morgan fingerprint density at radius 1 is 1.07 bits per heavy atom. The van der Waals surface area contributed by atoms with E-state index in [1.807, 2.05) is 0 Å². The van der Waals surface area contributed by atoms with Crippen LogP contribution >= 0.6 is 0 Å². The van der Waals surface area contributed by atoms with Crippen LogP contribution in [-0.4, -0.2) is 12.4 Å². The fraction of sp³-hybridized carbons (Fsp3) is 0.778. The van der Waals surface area contributed by atoms with Crippen molar-refractivity contribution in [1.29, 1.82) is 0 Å². The average Bonchev–Trinajstić information content (AvgIpc) is 1.99. The predicted octanol–water partition coefficient (Wildman–Crippen LogP) is 4.08. The van der Waals surface area contributed by atoms with Gasteiger partial charge in [0.25, 0.3) is 0 Å². The summed E-state index contributed by atoms with van der Waals surface area (Å²) < 4.78 is 73.6. The van der Waals surface area contributed by atoms with Crippen molar-refractivity contribution >= 4 is 0 Å². The van der Waals surface area contributed by atoms with E-state index in [0.29, 0.717) is 0 Å². The lowest BCUT2D eigenvalue weighted by Gasteiger charge is -2.30. The lowest BCUT2D eigenvalue weighted by atomic mass is 9.82. The summed E-state index contributed by atoms with van der Waals surface area (Å²) in [7, 11) is 0. The van der Waals surface area contributed by atoms with Gasteiger partial charge in [0.05, 0.1) is 11.8 Å². The minimum Gasteiger partial charge on any atom is -0.171 e. The van der Waals surface area contributed by atoms with Gasteiger partial charge in [0.2, 0.25) is 0 Å². The van der Waals surface area contributed by atoms with Crippen molar-refractivity contribution in [2.24, 2.45) is 11.8 Å². The third-order valence-corrected chi connectivity index (χ3v) is 2.48. The number of halogens is 6. The largest absolute Gasteiger partial charge is 0.395 e. The zero-order valence-corrected chi connectivity index (χ0v) is 7.91. The fourth-order valence-corrected chi connectivity index (χ4v) is 1.74. The van der Waals surface area contributed by atoms with E-state index < -0.39 is 30.6 Å². The Labute approximate surface area is 83.0 Å². The summed E-state index contributed by atoms with van der Waals surface area (Å²) in [5, 5.41) is 0. The van der Waals surface area contributed by atoms with E-state index in [4.69, 9.17) is 0 Å². The van der Waals surface area contributed by atoms with Gasteiger partial charge < -0.3 is 0 Å². The van der Waals surface area contributed by atoms with Crippen LogP contribution in [0.3, 0.4) is 0 Å². The van der Waals surface area contributed by atoms with Gasteiger partial charge in [0, 0.05) is 0 Å². The molecule has 0 amide bonds.